The number of ether oxygens (including phenoxy) is 2. The minimum Gasteiger partial charge on any atom is -0.492 e. The molecule has 182 valence electrons. The maximum absolute atomic E-state index is 6.16. The van der Waals surface area contributed by atoms with Gasteiger partial charge in [0.1, 0.15) is 11.5 Å². The molecule has 2 aromatic rings. The topological polar surface area (TPSA) is 18.5 Å². The first-order chi connectivity index (χ1) is 16.8. The van der Waals surface area contributed by atoms with Crippen molar-refractivity contribution in [2.75, 3.05) is 13.2 Å². The molecule has 0 aromatic heterocycles. The van der Waals surface area contributed by atoms with Gasteiger partial charge in [0.25, 0.3) is 0 Å². The summed E-state index contributed by atoms with van der Waals surface area (Å²) < 4.78 is 12.3. The predicted molar refractivity (Wildman–Crippen MR) is 145 cm³/mol. The van der Waals surface area contributed by atoms with Crippen molar-refractivity contribution >= 4 is 0 Å². The van der Waals surface area contributed by atoms with Crippen molar-refractivity contribution in [1.29, 1.82) is 0 Å². The van der Waals surface area contributed by atoms with Gasteiger partial charge in [0.15, 0.2) is 0 Å². The smallest absolute Gasteiger partial charge is 0.136 e. The van der Waals surface area contributed by atoms with Crippen molar-refractivity contribution in [2.45, 2.75) is 90.9 Å². The Morgan fingerprint density at radius 2 is 1.12 bits per heavy atom. The molecule has 2 heteroatoms. The molecule has 0 unspecified atom stereocenters. The Bertz CT molecular complexity index is 912. The second-order valence-electron chi connectivity index (χ2n) is 8.84. The van der Waals surface area contributed by atoms with Crippen molar-refractivity contribution in [2.24, 2.45) is 0 Å². The molecular weight excluding hydrogens is 416 g/mol. The van der Waals surface area contributed by atoms with Gasteiger partial charge in [0, 0.05) is 17.7 Å². The molecule has 2 rings (SSSR count). The highest BCUT2D eigenvalue weighted by Gasteiger charge is 2.11. The van der Waals surface area contributed by atoms with Crippen molar-refractivity contribution < 1.29 is 9.47 Å². The second-order valence-corrected chi connectivity index (χ2v) is 8.84. The SMILES string of the molecule is C#Cc1cc(OCCCCCCCC)c(C#Cc2ccccc2)cc1OCCCCCCCC. The van der Waals surface area contributed by atoms with E-state index < -0.39 is 0 Å². The first-order valence-electron chi connectivity index (χ1n) is 13.3. The Hall–Kier alpha value is -2.84. The van der Waals surface area contributed by atoms with E-state index in [1.54, 1.807) is 0 Å². The van der Waals surface area contributed by atoms with Crippen LogP contribution in [-0.2, 0) is 0 Å². The fourth-order valence-corrected chi connectivity index (χ4v) is 3.80. The highest BCUT2D eigenvalue weighted by molar-refractivity contribution is 5.59. The Labute approximate surface area is 208 Å². The standard InChI is InChI=1S/C32H42O2/c1-4-7-9-11-13-18-24-33-31-27-30(23-22-28-20-16-15-17-21-28)32(26-29(31)6-3)34-25-19-14-12-10-8-5-2/h3,15-17,20-21,26-27H,4-5,7-14,18-19,24-25H2,1-2H3. The van der Waals surface area contributed by atoms with Gasteiger partial charge in [-0.05, 0) is 25.0 Å². The summed E-state index contributed by atoms with van der Waals surface area (Å²) in [6.07, 6.45) is 20.6. The molecule has 0 radical (unpaired) electrons. The molecular formula is C32H42O2. The van der Waals surface area contributed by atoms with Crippen LogP contribution < -0.4 is 9.47 Å². The number of terminal acetylenes is 1. The van der Waals surface area contributed by atoms with Crippen LogP contribution >= 0.6 is 0 Å². The van der Waals surface area contributed by atoms with Crippen LogP contribution in [0.15, 0.2) is 42.5 Å². The predicted octanol–water partition coefficient (Wildman–Crippen LogP) is 8.55. The second kappa shape index (κ2) is 17.6. The maximum atomic E-state index is 6.16. The molecule has 2 aromatic carbocycles. The van der Waals surface area contributed by atoms with E-state index >= 15 is 0 Å². The molecule has 0 atom stereocenters. The van der Waals surface area contributed by atoms with E-state index in [9.17, 15) is 0 Å². The minimum atomic E-state index is 0.671. The van der Waals surface area contributed by atoms with Gasteiger partial charge in [-0.1, -0.05) is 114 Å². The Morgan fingerprint density at radius 1 is 0.618 bits per heavy atom. The lowest BCUT2D eigenvalue weighted by Gasteiger charge is -2.14. The lowest BCUT2D eigenvalue weighted by atomic mass is 10.1. The normalized spacial score (nSPS) is 10.3. The average Bonchev–Trinajstić information content (AvgIpc) is 2.87. The third-order valence-corrected chi connectivity index (χ3v) is 5.86. The molecule has 0 saturated carbocycles. The summed E-state index contributed by atoms with van der Waals surface area (Å²) in [5.74, 6) is 10.8. The zero-order chi connectivity index (χ0) is 24.3. The Balaban J connectivity index is 2.06. The van der Waals surface area contributed by atoms with Crippen molar-refractivity contribution in [3.05, 3.63) is 59.2 Å². The molecule has 0 spiro atoms. The van der Waals surface area contributed by atoms with Gasteiger partial charge in [-0.2, -0.15) is 0 Å². The third kappa shape index (κ3) is 10.9. The van der Waals surface area contributed by atoms with Crippen LogP contribution in [0.25, 0.3) is 0 Å². The molecule has 0 aliphatic carbocycles. The molecule has 0 aliphatic rings. The highest BCUT2D eigenvalue weighted by atomic mass is 16.5. The summed E-state index contributed by atoms with van der Waals surface area (Å²) in [6, 6.07) is 13.9. The molecule has 34 heavy (non-hydrogen) atoms. The molecule has 0 aliphatic heterocycles. The molecule has 0 fully saturated rings. The molecule has 0 saturated heterocycles. The summed E-state index contributed by atoms with van der Waals surface area (Å²) in [5.41, 5.74) is 2.53. The van der Waals surface area contributed by atoms with Crippen LogP contribution in [0.2, 0.25) is 0 Å². The van der Waals surface area contributed by atoms with Gasteiger partial charge in [0.05, 0.1) is 24.3 Å². The van der Waals surface area contributed by atoms with E-state index in [0.29, 0.717) is 13.2 Å². The van der Waals surface area contributed by atoms with Crippen molar-refractivity contribution in [1.82, 2.24) is 0 Å². The van der Waals surface area contributed by atoms with Crippen LogP contribution in [-0.4, -0.2) is 13.2 Å². The zero-order valence-corrected chi connectivity index (χ0v) is 21.3. The first kappa shape index (κ1) is 27.4. The summed E-state index contributed by atoms with van der Waals surface area (Å²) in [5, 5.41) is 0. The number of hydrogen-bond acceptors (Lipinski definition) is 2. The Kier molecular flexibility index (Phi) is 14.2. The van der Waals surface area contributed by atoms with E-state index in [1.165, 1.54) is 64.2 Å². The van der Waals surface area contributed by atoms with Crippen molar-refractivity contribution in [3.63, 3.8) is 0 Å². The summed E-state index contributed by atoms with van der Waals surface area (Å²) in [7, 11) is 0. The fraction of sp³-hybridized carbons (Fsp3) is 0.500. The van der Waals surface area contributed by atoms with Gasteiger partial charge in [0.2, 0.25) is 0 Å². The molecule has 0 bridgehead atoms. The fourth-order valence-electron chi connectivity index (χ4n) is 3.80. The van der Waals surface area contributed by atoms with Crippen LogP contribution in [0.4, 0.5) is 0 Å². The Morgan fingerprint density at radius 3 is 1.68 bits per heavy atom. The molecule has 0 N–H and O–H groups in total. The molecule has 0 amide bonds. The molecule has 2 nitrogen and oxygen atoms in total. The number of hydrogen-bond donors (Lipinski definition) is 0. The van der Waals surface area contributed by atoms with E-state index in [-0.39, 0.29) is 0 Å². The minimum absolute atomic E-state index is 0.671. The van der Waals surface area contributed by atoms with E-state index in [1.807, 2.05) is 42.5 Å². The quantitative estimate of drug-likeness (QED) is 0.185. The average molecular weight is 459 g/mol. The lowest BCUT2D eigenvalue weighted by Crippen LogP contribution is -2.03. The summed E-state index contributed by atoms with van der Waals surface area (Å²) >= 11 is 0. The van der Waals surface area contributed by atoms with Crippen molar-refractivity contribution in [3.8, 4) is 35.7 Å². The number of rotatable bonds is 16. The summed E-state index contributed by atoms with van der Waals surface area (Å²) in [6.45, 7) is 5.83. The zero-order valence-electron chi connectivity index (χ0n) is 21.3. The van der Waals surface area contributed by atoms with Crippen LogP contribution in [0.3, 0.4) is 0 Å². The van der Waals surface area contributed by atoms with E-state index in [4.69, 9.17) is 15.9 Å². The lowest BCUT2D eigenvalue weighted by molar-refractivity contribution is 0.295. The van der Waals surface area contributed by atoms with E-state index in [0.717, 1.165) is 41.0 Å². The van der Waals surface area contributed by atoms with Crippen LogP contribution in [0, 0.1) is 24.2 Å². The third-order valence-electron chi connectivity index (χ3n) is 5.86. The van der Waals surface area contributed by atoms with Crippen LogP contribution in [0.5, 0.6) is 11.5 Å². The first-order valence-corrected chi connectivity index (χ1v) is 13.3. The van der Waals surface area contributed by atoms with Gasteiger partial charge < -0.3 is 9.47 Å². The maximum Gasteiger partial charge on any atom is 0.136 e. The molecule has 0 heterocycles. The number of unbranched alkanes of at least 4 members (excludes halogenated alkanes) is 10. The highest BCUT2D eigenvalue weighted by Crippen LogP contribution is 2.29. The van der Waals surface area contributed by atoms with Gasteiger partial charge in [-0.3, -0.25) is 0 Å². The van der Waals surface area contributed by atoms with Gasteiger partial charge in [-0.25, -0.2) is 0 Å². The van der Waals surface area contributed by atoms with Crippen LogP contribution in [0.1, 0.15) is 108 Å². The van der Waals surface area contributed by atoms with Gasteiger partial charge in [-0.15, -0.1) is 6.42 Å². The van der Waals surface area contributed by atoms with E-state index in [2.05, 4.69) is 31.6 Å². The number of benzene rings is 2. The largest absolute Gasteiger partial charge is 0.492 e. The monoisotopic (exact) mass is 458 g/mol. The summed E-state index contributed by atoms with van der Waals surface area (Å²) in [4.78, 5) is 0. The van der Waals surface area contributed by atoms with Gasteiger partial charge >= 0.3 is 0 Å².